The Morgan fingerprint density at radius 3 is 2.46 bits per heavy atom. The van der Waals surface area contributed by atoms with Gasteiger partial charge in [-0.1, -0.05) is 0 Å². The Morgan fingerprint density at radius 1 is 1.25 bits per heavy atom. The standard InChI is InChI=1S/C14H26F2N4O2S2/c1-17-14(19-10-12-3-2-8-23-12)18-9-11-4-6-20(7-5-11)24(21,22)13(15)16/h11-13H,2-10H2,1H3,(H2,17,18,19). The maximum Gasteiger partial charge on any atom is 0.350 e. The van der Waals surface area contributed by atoms with Crippen LogP contribution in [-0.2, 0) is 10.0 Å². The van der Waals surface area contributed by atoms with Crippen molar-refractivity contribution in [3.63, 3.8) is 0 Å². The number of nitrogens with zero attached hydrogens (tertiary/aromatic N) is 2. The van der Waals surface area contributed by atoms with Crippen molar-refractivity contribution in [2.75, 3.05) is 39.0 Å². The van der Waals surface area contributed by atoms with E-state index < -0.39 is 15.8 Å². The van der Waals surface area contributed by atoms with Crippen molar-refractivity contribution in [1.29, 1.82) is 0 Å². The van der Waals surface area contributed by atoms with Crippen LogP contribution >= 0.6 is 11.8 Å². The minimum Gasteiger partial charge on any atom is -0.356 e. The minimum absolute atomic E-state index is 0.157. The van der Waals surface area contributed by atoms with E-state index in [4.69, 9.17) is 0 Å². The molecule has 0 saturated carbocycles. The third-order valence-electron chi connectivity index (χ3n) is 4.46. The molecular weight excluding hydrogens is 358 g/mol. The van der Waals surface area contributed by atoms with Gasteiger partial charge in [0.2, 0.25) is 0 Å². The Hall–Kier alpha value is -0.610. The summed E-state index contributed by atoms with van der Waals surface area (Å²) in [7, 11) is -2.72. The van der Waals surface area contributed by atoms with E-state index in [-0.39, 0.29) is 19.0 Å². The summed E-state index contributed by atoms with van der Waals surface area (Å²) < 4.78 is 48.9. The van der Waals surface area contributed by atoms with Gasteiger partial charge in [0.1, 0.15) is 0 Å². The highest BCUT2D eigenvalue weighted by atomic mass is 32.2. The molecule has 2 aliphatic heterocycles. The first kappa shape index (κ1) is 19.7. The summed E-state index contributed by atoms with van der Waals surface area (Å²) in [4.78, 5) is 4.19. The Kier molecular flexibility index (Phi) is 7.55. The van der Waals surface area contributed by atoms with Crippen LogP contribution in [0.2, 0.25) is 0 Å². The summed E-state index contributed by atoms with van der Waals surface area (Å²) in [6.07, 6.45) is 3.65. The first-order chi connectivity index (χ1) is 11.4. The van der Waals surface area contributed by atoms with Crippen LogP contribution in [0.15, 0.2) is 4.99 Å². The zero-order chi connectivity index (χ0) is 17.6. The molecule has 2 rings (SSSR count). The predicted octanol–water partition coefficient (Wildman–Crippen LogP) is 1.31. The molecule has 0 aliphatic carbocycles. The first-order valence-electron chi connectivity index (χ1n) is 8.26. The highest BCUT2D eigenvalue weighted by molar-refractivity contribution is 8.00. The lowest BCUT2D eigenvalue weighted by Gasteiger charge is -2.31. The summed E-state index contributed by atoms with van der Waals surface area (Å²) in [6.45, 7) is 1.86. The molecule has 6 nitrogen and oxygen atoms in total. The number of hydrogen-bond acceptors (Lipinski definition) is 4. The molecule has 24 heavy (non-hydrogen) atoms. The average molecular weight is 385 g/mol. The van der Waals surface area contributed by atoms with Crippen molar-refractivity contribution in [2.45, 2.75) is 36.7 Å². The lowest BCUT2D eigenvalue weighted by atomic mass is 9.98. The van der Waals surface area contributed by atoms with Gasteiger partial charge in [0.05, 0.1) is 0 Å². The molecule has 0 radical (unpaired) electrons. The van der Waals surface area contributed by atoms with Crippen LogP contribution in [-0.4, -0.2) is 68.7 Å². The maximum atomic E-state index is 12.5. The van der Waals surface area contributed by atoms with E-state index in [9.17, 15) is 17.2 Å². The lowest BCUT2D eigenvalue weighted by Crippen LogP contribution is -2.46. The van der Waals surface area contributed by atoms with Crippen LogP contribution in [0.4, 0.5) is 8.78 Å². The predicted molar refractivity (Wildman–Crippen MR) is 94.1 cm³/mol. The molecule has 2 saturated heterocycles. The Labute approximate surface area is 146 Å². The van der Waals surface area contributed by atoms with Crippen molar-refractivity contribution in [3.8, 4) is 0 Å². The molecule has 0 aromatic carbocycles. The molecule has 2 fully saturated rings. The van der Waals surface area contributed by atoms with Crippen LogP contribution < -0.4 is 10.6 Å². The Morgan fingerprint density at radius 2 is 1.92 bits per heavy atom. The largest absolute Gasteiger partial charge is 0.356 e. The van der Waals surface area contributed by atoms with Gasteiger partial charge in [0.15, 0.2) is 5.96 Å². The molecule has 0 amide bonds. The third kappa shape index (κ3) is 5.45. The summed E-state index contributed by atoms with van der Waals surface area (Å²) >= 11 is 1.98. The first-order valence-corrected chi connectivity index (χ1v) is 10.8. The maximum absolute atomic E-state index is 12.5. The minimum atomic E-state index is -4.44. The summed E-state index contributed by atoms with van der Waals surface area (Å²) in [5, 5.41) is 7.20. The second kappa shape index (κ2) is 9.19. The number of piperidine rings is 1. The molecule has 0 aromatic heterocycles. The summed E-state index contributed by atoms with van der Waals surface area (Å²) in [5.41, 5.74) is 0. The van der Waals surface area contributed by atoms with Gasteiger partial charge in [-0.2, -0.15) is 24.8 Å². The van der Waals surface area contributed by atoms with Crippen LogP contribution in [0.5, 0.6) is 0 Å². The second-order valence-corrected chi connectivity index (χ2v) is 9.43. The smallest absolute Gasteiger partial charge is 0.350 e. The fourth-order valence-electron chi connectivity index (χ4n) is 2.96. The molecular formula is C14H26F2N4O2S2. The number of nitrogens with one attached hydrogen (secondary N) is 2. The highest BCUT2D eigenvalue weighted by Gasteiger charge is 2.34. The van der Waals surface area contributed by atoms with Crippen molar-refractivity contribution >= 4 is 27.7 Å². The van der Waals surface area contributed by atoms with Crippen LogP contribution in [0, 0.1) is 5.92 Å². The van der Waals surface area contributed by atoms with Gasteiger partial charge in [-0.05, 0) is 37.4 Å². The highest BCUT2D eigenvalue weighted by Crippen LogP contribution is 2.25. The average Bonchev–Trinajstić information content (AvgIpc) is 3.08. The van der Waals surface area contributed by atoms with E-state index in [1.807, 2.05) is 11.8 Å². The fourth-order valence-corrected chi connectivity index (χ4v) is 5.10. The van der Waals surface area contributed by atoms with Gasteiger partial charge in [-0.25, -0.2) is 8.42 Å². The number of halogens is 2. The lowest BCUT2D eigenvalue weighted by molar-refractivity contribution is 0.204. The number of alkyl halides is 2. The monoisotopic (exact) mass is 384 g/mol. The van der Waals surface area contributed by atoms with Crippen molar-refractivity contribution in [1.82, 2.24) is 14.9 Å². The molecule has 0 bridgehead atoms. The van der Waals surface area contributed by atoms with Crippen molar-refractivity contribution < 1.29 is 17.2 Å². The van der Waals surface area contributed by atoms with E-state index in [2.05, 4.69) is 15.6 Å². The van der Waals surface area contributed by atoms with Gasteiger partial charge in [0, 0.05) is 38.5 Å². The van der Waals surface area contributed by atoms with Crippen LogP contribution in [0.25, 0.3) is 0 Å². The summed E-state index contributed by atoms with van der Waals surface area (Å²) in [5.74, 6) is -1.11. The Bertz CT molecular complexity index is 517. The molecule has 2 heterocycles. The van der Waals surface area contributed by atoms with Gasteiger partial charge >= 0.3 is 5.76 Å². The molecule has 1 unspecified atom stereocenters. The van der Waals surface area contributed by atoms with E-state index in [0.29, 0.717) is 24.6 Å². The molecule has 1 atom stereocenters. The number of sulfonamides is 1. The molecule has 2 aliphatic rings. The number of aliphatic imine (C=N–C) groups is 1. The van der Waals surface area contributed by atoms with Gasteiger partial charge in [-0.15, -0.1) is 0 Å². The van der Waals surface area contributed by atoms with E-state index in [1.54, 1.807) is 7.05 Å². The summed E-state index contributed by atoms with van der Waals surface area (Å²) in [6, 6.07) is 0. The second-order valence-electron chi connectivity index (χ2n) is 6.12. The number of rotatable bonds is 6. The topological polar surface area (TPSA) is 73.8 Å². The number of guanidine groups is 1. The van der Waals surface area contributed by atoms with E-state index >= 15 is 0 Å². The van der Waals surface area contributed by atoms with Gasteiger partial charge in [0.25, 0.3) is 10.0 Å². The van der Waals surface area contributed by atoms with Crippen molar-refractivity contribution in [3.05, 3.63) is 0 Å². The van der Waals surface area contributed by atoms with Crippen LogP contribution in [0.3, 0.4) is 0 Å². The number of hydrogen-bond donors (Lipinski definition) is 2. The molecule has 10 heteroatoms. The Balaban J connectivity index is 1.69. The fraction of sp³-hybridized carbons (Fsp3) is 0.929. The number of thioether (sulfide) groups is 1. The molecule has 0 aromatic rings. The van der Waals surface area contributed by atoms with E-state index in [1.165, 1.54) is 18.6 Å². The molecule has 0 spiro atoms. The quantitative estimate of drug-likeness (QED) is 0.534. The molecule has 2 N–H and O–H groups in total. The van der Waals surface area contributed by atoms with Gasteiger partial charge in [-0.3, -0.25) is 4.99 Å². The SMILES string of the molecule is CN=C(NCC1CCN(S(=O)(=O)C(F)F)CC1)NCC1CCCS1. The zero-order valence-corrected chi connectivity index (χ0v) is 15.5. The van der Waals surface area contributed by atoms with E-state index in [0.717, 1.165) is 16.8 Å². The zero-order valence-electron chi connectivity index (χ0n) is 13.9. The van der Waals surface area contributed by atoms with Crippen molar-refractivity contribution in [2.24, 2.45) is 10.9 Å². The third-order valence-corrected chi connectivity index (χ3v) is 7.39. The normalized spacial score (nSPS) is 24.5. The van der Waals surface area contributed by atoms with Gasteiger partial charge < -0.3 is 10.6 Å². The van der Waals surface area contributed by atoms with Crippen LogP contribution in [0.1, 0.15) is 25.7 Å². The molecule has 140 valence electrons.